The molecule has 90 valence electrons. The van der Waals surface area contributed by atoms with Crippen molar-refractivity contribution in [2.45, 2.75) is 37.9 Å². The topological polar surface area (TPSA) is 54.4 Å². The molecule has 0 aliphatic rings. The van der Waals surface area contributed by atoms with Crippen LogP contribution in [0.3, 0.4) is 0 Å². The summed E-state index contributed by atoms with van der Waals surface area (Å²) in [5.41, 5.74) is 1.81. The van der Waals surface area contributed by atoms with Gasteiger partial charge in [0.25, 0.3) is 0 Å². The molecule has 1 aromatic carbocycles. The zero-order valence-electron chi connectivity index (χ0n) is 9.84. The lowest BCUT2D eigenvalue weighted by Gasteiger charge is -2.15. The van der Waals surface area contributed by atoms with E-state index in [4.69, 9.17) is 0 Å². The van der Waals surface area contributed by atoms with Crippen LogP contribution in [0.1, 0.15) is 25.0 Å². The molecule has 3 nitrogen and oxygen atoms in total. The van der Waals surface area contributed by atoms with Crippen LogP contribution < -0.4 is 0 Å². The van der Waals surface area contributed by atoms with Gasteiger partial charge in [-0.3, -0.25) is 0 Å². The number of rotatable bonds is 4. The lowest BCUT2D eigenvalue weighted by molar-refractivity contribution is 0.193. The van der Waals surface area contributed by atoms with Crippen LogP contribution in [-0.2, 0) is 15.6 Å². The van der Waals surface area contributed by atoms with Crippen LogP contribution in [0.15, 0.2) is 24.3 Å². The van der Waals surface area contributed by atoms with E-state index in [1.54, 1.807) is 6.07 Å². The van der Waals surface area contributed by atoms with Crippen molar-refractivity contribution in [3.05, 3.63) is 35.4 Å². The third-order valence-corrected chi connectivity index (χ3v) is 4.96. The molecule has 0 amide bonds. The maximum atomic E-state index is 11.9. The molecular formula is C12H18O3S. The van der Waals surface area contributed by atoms with Gasteiger partial charge >= 0.3 is 0 Å². The number of sulfone groups is 1. The summed E-state index contributed by atoms with van der Waals surface area (Å²) in [5.74, 6) is -0.0131. The van der Waals surface area contributed by atoms with E-state index in [9.17, 15) is 13.5 Å². The molecule has 0 radical (unpaired) electrons. The first-order chi connectivity index (χ1) is 7.33. The number of aliphatic hydroxyl groups excluding tert-OH is 1. The SMILES string of the molecule is Cc1cccc(CS(=O)(=O)[C@H](C)[C@H](C)O)c1. The first kappa shape index (κ1) is 13.2. The maximum Gasteiger partial charge on any atom is 0.159 e. The minimum Gasteiger partial charge on any atom is -0.392 e. The molecule has 2 atom stereocenters. The Labute approximate surface area is 97.0 Å². The van der Waals surface area contributed by atoms with E-state index < -0.39 is 21.2 Å². The van der Waals surface area contributed by atoms with Gasteiger partial charge in [-0.15, -0.1) is 0 Å². The minimum absolute atomic E-state index is 0.0131. The van der Waals surface area contributed by atoms with Gasteiger partial charge in [0.2, 0.25) is 0 Å². The van der Waals surface area contributed by atoms with Crippen LogP contribution in [0.25, 0.3) is 0 Å². The number of aryl methyl sites for hydroxylation is 1. The van der Waals surface area contributed by atoms with Crippen LogP contribution in [0.2, 0.25) is 0 Å². The second-order valence-electron chi connectivity index (χ2n) is 4.24. The quantitative estimate of drug-likeness (QED) is 0.874. The van der Waals surface area contributed by atoms with Gasteiger partial charge in [-0.25, -0.2) is 8.42 Å². The van der Waals surface area contributed by atoms with Gasteiger partial charge in [0.15, 0.2) is 9.84 Å². The molecular weight excluding hydrogens is 224 g/mol. The third-order valence-electron chi connectivity index (χ3n) is 2.70. The molecule has 0 aromatic heterocycles. The smallest absolute Gasteiger partial charge is 0.159 e. The fourth-order valence-corrected chi connectivity index (χ4v) is 2.97. The summed E-state index contributed by atoms with van der Waals surface area (Å²) >= 11 is 0. The standard InChI is InChI=1S/C12H18O3S/c1-9-5-4-6-12(7-9)8-16(14,15)11(3)10(2)13/h4-7,10-11,13H,8H2,1-3H3/t10-,11+/m0/s1. The van der Waals surface area contributed by atoms with Crippen LogP contribution >= 0.6 is 0 Å². The summed E-state index contributed by atoms with van der Waals surface area (Å²) in [4.78, 5) is 0. The third kappa shape index (κ3) is 3.32. The van der Waals surface area contributed by atoms with Gasteiger partial charge in [0, 0.05) is 0 Å². The monoisotopic (exact) mass is 242 g/mol. The predicted octanol–water partition coefficient (Wildman–Crippen LogP) is 1.68. The lowest BCUT2D eigenvalue weighted by atomic mass is 10.2. The van der Waals surface area contributed by atoms with E-state index in [2.05, 4.69) is 0 Å². The van der Waals surface area contributed by atoms with E-state index in [1.165, 1.54) is 13.8 Å². The minimum atomic E-state index is -3.28. The Bertz CT molecular complexity index is 449. The summed E-state index contributed by atoms with van der Waals surface area (Å²) in [5, 5.41) is 8.58. The van der Waals surface area contributed by atoms with E-state index >= 15 is 0 Å². The summed E-state index contributed by atoms with van der Waals surface area (Å²) in [7, 11) is -3.28. The van der Waals surface area contributed by atoms with E-state index in [-0.39, 0.29) is 5.75 Å². The van der Waals surface area contributed by atoms with Crippen molar-refractivity contribution in [1.29, 1.82) is 0 Å². The summed E-state index contributed by atoms with van der Waals surface area (Å²) < 4.78 is 23.8. The normalized spacial score (nSPS) is 15.8. The van der Waals surface area contributed by atoms with E-state index in [1.807, 2.05) is 25.1 Å². The van der Waals surface area contributed by atoms with E-state index in [0.29, 0.717) is 0 Å². The molecule has 0 saturated carbocycles. The molecule has 0 unspecified atom stereocenters. The van der Waals surface area contributed by atoms with Gasteiger partial charge < -0.3 is 5.11 Å². The molecule has 0 aliphatic heterocycles. The number of benzene rings is 1. The van der Waals surface area contributed by atoms with Gasteiger partial charge in [-0.05, 0) is 26.3 Å². The molecule has 0 fully saturated rings. The highest BCUT2D eigenvalue weighted by Gasteiger charge is 2.25. The molecule has 1 aromatic rings. The average molecular weight is 242 g/mol. The summed E-state index contributed by atoms with van der Waals surface area (Å²) in [6, 6.07) is 7.41. The summed E-state index contributed by atoms with van der Waals surface area (Å²) in [6.07, 6.45) is -0.838. The van der Waals surface area contributed by atoms with Crippen molar-refractivity contribution in [2.24, 2.45) is 0 Å². The number of hydrogen-bond acceptors (Lipinski definition) is 3. The van der Waals surface area contributed by atoms with Crippen molar-refractivity contribution in [1.82, 2.24) is 0 Å². The second kappa shape index (κ2) is 4.97. The Morgan fingerprint density at radius 1 is 1.31 bits per heavy atom. The van der Waals surface area contributed by atoms with Crippen molar-refractivity contribution < 1.29 is 13.5 Å². The fraction of sp³-hybridized carbons (Fsp3) is 0.500. The predicted molar refractivity (Wildman–Crippen MR) is 64.9 cm³/mol. The van der Waals surface area contributed by atoms with E-state index in [0.717, 1.165) is 11.1 Å². The Morgan fingerprint density at radius 2 is 1.94 bits per heavy atom. The highest BCUT2D eigenvalue weighted by molar-refractivity contribution is 7.91. The Kier molecular flexibility index (Phi) is 4.10. The van der Waals surface area contributed by atoms with Gasteiger partial charge in [0.05, 0.1) is 17.1 Å². The second-order valence-corrected chi connectivity index (χ2v) is 6.60. The number of hydrogen-bond donors (Lipinski definition) is 1. The zero-order chi connectivity index (χ0) is 12.3. The molecule has 1 rings (SSSR count). The zero-order valence-corrected chi connectivity index (χ0v) is 10.7. The molecule has 0 aliphatic carbocycles. The van der Waals surface area contributed by atoms with Crippen molar-refractivity contribution in [2.75, 3.05) is 0 Å². The van der Waals surface area contributed by atoms with Crippen molar-refractivity contribution in [3.63, 3.8) is 0 Å². The first-order valence-electron chi connectivity index (χ1n) is 5.28. The highest BCUT2D eigenvalue weighted by Crippen LogP contribution is 2.14. The molecule has 4 heteroatoms. The maximum absolute atomic E-state index is 11.9. The van der Waals surface area contributed by atoms with Crippen LogP contribution in [0, 0.1) is 6.92 Å². The highest BCUT2D eigenvalue weighted by atomic mass is 32.2. The molecule has 16 heavy (non-hydrogen) atoms. The van der Waals surface area contributed by atoms with Gasteiger partial charge in [-0.2, -0.15) is 0 Å². The summed E-state index contributed by atoms with van der Waals surface area (Å²) in [6.45, 7) is 4.96. The molecule has 0 spiro atoms. The van der Waals surface area contributed by atoms with Gasteiger partial charge in [0.1, 0.15) is 0 Å². The molecule has 0 saturated heterocycles. The van der Waals surface area contributed by atoms with Crippen LogP contribution in [-0.4, -0.2) is 24.9 Å². The van der Waals surface area contributed by atoms with Crippen LogP contribution in [0.4, 0.5) is 0 Å². The average Bonchev–Trinajstić information content (AvgIpc) is 2.15. The molecule has 1 N–H and O–H groups in total. The molecule has 0 bridgehead atoms. The largest absolute Gasteiger partial charge is 0.392 e. The lowest BCUT2D eigenvalue weighted by Crippen LogP contribution is -2.30. The first-order valence-corrected chi connectivity index (χ1v) is 6.99. The number of aliphatic hydroxyl groups is 1. The van der Waals surface area contributed by atoms with Crippen LogP contribution in [0.5, 0.6) is 0 Å². The van der Waals surface area contributed by atoms with Gasteiger partial charge in [-0.1, -0.05) is 29.8 Å². The fourth-order valence-electron chi connectivity index (χ4n) is 1.47. The Morgan fingerprint density at radius 3 is 2.44 bits per heavy atom. The van der Waals surface area contributed by atoms with Crippen molar-refractivity contribution in [3.8, 4) is 0 Å². The Balaban J connectivity index is 2.89. The molecule has 0 heterocycles. The van der Waals surface area contributed by atoms with Crippen molar-refractivity contribution >= 4 is 9.84 Å². The Hall–Kier alpha value is -0.870.